The summed E-state index contributed by atoms with van der Waals surface area (Å²) in [7, 11) is 1.96. The number of allylic oxidation sites excluding steroid dienone is 1. The first-order valence-electron chi connectivity index (χ1n) is 14.3. The van der Waals surface area contributed by atoms with Crippen LogP contribution in [0.25, 0.3) is 6.08 Å². The van der Waals surface area contributed by atoms with Crippen LogP contribution in [0.2, 0.25) is 6.04 Å². The number of aromatic nitrogens is 3. The second kappa shape index (κ2) is 14.6. The molecule has 0 aliphatic carbocycles. The molecular weight excluding hydrogens is 572 g/mol. The number of hydrogen-bond acceptors (Lipinski definition) is 11. The van der Waals surface area contributed by atoms with Crippen LogP contribution >= 0.6 is 0 Å². The van der Waals surface area contributed by atoms with E-state index in [0.29, 0.717) is 66.2 Å². The van der Waals surface area contributed by atoms with Gasteiger partial charge in [0.2, 0.25) is 5.75 Å². The average molecular weight is 611 g/mol. The highest BCUT2D eigenvalue weighted by molar-refractivity contribution is 6.60. The molecule has 43 heavy (non-hydrogen) atoms. The standard InChI is InChI=1S/C30H38N4O8Si/c1-36-28-12-10-23(29(37-2)30(28)38-3)9-11-26(35)25-7-4-5-8-27(25)39-22-24-21-34(32-31-24)13-6-20-43-40-17-14-33(15-18-41-43)16-19-42-43/h4-5,7-12,21H,6,13-20,22H2,1-3H3/b11-9+. The molecule has 3 saturated heterocycles. The second-order valence-electron chi connectivity index (χ2n) is 10.1. The summed E-state index contributed by atoms with van der Waals surface area (Å²) in [5, 5.41) is 8.50. The SMILES string of the molecule is COc1ccc(/C=C/C(=O)c2ccccc2OCc2cn(CCC[Si]34OCCN(CCO3)CCO4)nn2)c(OC)c1OC. The maximum atomic E-state index is 13.2. The Morgan fingerprint density at radius 3 is 2.35 bits per heavy atom. The van der Waals surface area contributed by atoms with Gasteiger partial charge in [-0.05, 0) is 42.8 Å². The molecule has 0 saturated carbocycles. The van der Waals surface area contributed by atoms with E-state index in [2.05, 4.69) is 15.2 Å². The molecule has 13 heteroatoms. The molecule has 0 unspecified atom stereocenters. The minimum Gasteiger partial charge on any atom is -0.493 e. The first-order valence-corrected chi connectivity index (χ1v) is 16.2. The van der Waals surface area contributed by atoms with Gasteiger partial charge in [0.25, 0.3) is 0 Å². The summed E-state index contributed by atoms with van der Waals surface area (Å²) in [5.41, 5.74) is 1.76. The summed E-state index contributed by atoms with van der Waals surface area (Å²) >= 11 is 0. The summed E-state index contributed by atoms with van der Waals surface area (Å²) in [4.78, 5) is 15.5. The van der Waals surface area contributed by atoms with E-state index in [0.717, 1.165) is 32.1 Å². The van der Waals surface area contributed by atoms with Crippen LogP contribution in [0.1, 0.15) is 28.0 Å². The van der Waals surface area contributed by atoms with E-state index in [1.54, 1.807) is 48.2 Å². The zero-order valence-corrected chi connectivity index (χ0v) is 25.8. The van der Waals surface area contributed by atoms with E-state index >= 15 is 0 Å². The molecule has 0 atom stereocenters. The van der Waals surface area contributed by atoms with Gasteiger partial charge in [0.05, 0.1) is 52.9 Å². The third-order valence-electron chi connectivity index (χ3n) is 7.32. The van der Waals surface area contributed by atoms with Crippen LogP contribution in [0, 0.1) is 0 Å². The van der Waals surface area contributed by atoms with E-state index in [9.17, 15) is 4.79 Å². The van der Waals surface area contributed by atoms with Gasteiger partial charge >= 0.3 is 8.80 Å². The van der Waals surface area contributed by atoms with Gasteiger partial charge < -0.3 is 32.2 Å². The van der Waals surface area contributed by atoms with E-state index < -0.39 is 8.80 Å². The van der Waals surface area contributed by atoms with E-state index in [-0.39, 0.29) is 12.4 Å². The molecule has 3 aliphatic rings. The molecule has 6 rings (SSSR count). The lowest BCUT2D eigenvalue weighted by Gasteiger charge is -2.38. The zero-order chi connectivity index (χ0) is 30.1. The highest BCUT2D eigenvalue weighted by Crippen LogP contribution is 2.40. The molecule has 0 spiro atoms. The molecule has 3 fully saturated rings. The van der Waals surface area contributed by atoms with Crippen LogP contribution in [0.3, 0.4) is 0 Å². The Morgan fingerprint density at radius 1 is 0.930 bits per heavy atom. The molecule has 0 N–H and O–H groups in total. The third kappa shape index (κ3) is 7.61. The summed E-state index contributed by atoms with van der Waals surface area (Å²) in [6.45, 7) is 5.51. The van der Waals surface area contributed by atoms with Crippen molar-refractivity contribution >= 4 is 20.7 Å². The molecule has 2 aromatic carbocycles. The fraction of sp³-hybridized carbons (Fsp3) is 0.433. The van der Waals surface area contributed by atoms with Crippen LogP contribution in [-0.2, 0) is 26.4 Å². The number of carbonyl (C=O) groups excluding carboxylic acids is 1. The fourth-order valence-electron chi connectivity index (χ4n) is 5.10. The number of fused-ring (bicyclic) bond motifs is 6. The van der Waals surface area contributed by atoms with Gasteiger partial charge in [0, 0.05) is 37.8 Å². The molecule has 2 bridgehead atoms. The molecular formula is C30H38N4O8Si. The Labute approximate surface area is 252 Å². The number of nitrogens with zero attached hydrogens (tertiary/aromatic N) is 4. The Morgan fingerprint density at radius 2 is 1.65 bits per heavy atom. The normalized spacial score (nSPS) is 20.3. The lowest BCUT2D eigenvalue weighted by Crippen LogP contribution is -2.55. The summed E-state index contributed by atoms with van der Waals surface area (Å²) in [5.74, 6) is 1.69. The lowest BCUT2D eigenvalue weighted by molar-refractivity contribution is -0.00869. The van der Waals surface area contributed by atoms with E-state index in [4.69, 9.17) is 32.2 Å². The minimum atomic E-state index is -2.66. The number of hydrogen-bond donors (Lipinski definition) is 0. The fourth-order valence-corrected chi connectivity index (χ4v) is 7.58. The highest BCUT2D eigenvalue weighted by atomic mass is 28.4. The van der Waals surface area contributed by atoms with Crippen molar-refractivity contribution in [1.82, 2.24) is 19.9 Å². The van der Waals surface area contributed by atoms with Crippen LogP contribution in [0.15, 0.2) is 48.7 Å². The number of aryl methyl sites for hydroxylation is 1. The predicted octanol–water partition coefficient (Wildman–Crippen LogP) is 3.49. The van der Waals surface area contributed by atoms with Crippen molar-refractivity contribution in [3.63, 3.8) is 0 Å². The summed E-state index contributed by atoms with van der Waals surface area (Å²) in [6, 6.07) is 11.4. The smallest absolute Gasteiger partial charge is 0.493 e. The third-order valence-corrected chi connectivity index (χ3v) is 10.2. The predicted molar refractivity (Wildman–Crippen MR) is 160 cm³/mol. The van der Waals surface area contributed by atoms with Gasteiger partial charge in [-0.25, -0.2) is 0 Å². The second-order valence-corrected chi connectivity index (χ2v) is 12.8. The number of ether oxygens (including phenoxy) is 4. The Balaban J connectivity index is 1.17. The zero-order valence-electron chi connectivity index (χ0n) is 24.8. The molecule has 4 heterocycles. The molecule has 0 amide bonds. The monoisotopic (exact) mass is 610 g/mol. The first-order chi connectivity index (χ1) is 21.0. The topological polar surface area (TPSA) is 116 Å². The molecule has 12 nitrogen and oxygen atoms in total. The van der Waals surface area contributed by atoms with Crippen LogP contribution < -0.4 is 18.9 Å². The number of para-hydroxylation sites is 1. The van der Waals surface area contributed by atoms with Crippen molar-refractivity contribution in [2.24, 2.45) is 0 Å². The largest absolute Gasteiger partial charge is 0.501 e. The number of ketones is 1. The Bertz CT molecular complexity index is 1390. The summed E-state index contributed by atoms with van der Waals surface area (Å²) < 4.78 is 42.4. The highest BCUT2D eigenvalue weighted by Gasteiger charge is 2.43. The van der Waals surface area contributed by atoms with Crippen LogP contribution in [-0.4, -0.2) is 95.3 Å². The van der Waals surface area contributed by atoms with Gasteiger partial charge in [0.15, 0.2) is 17.3 Å². The van der Waals surface area contributed by atoms with Crippen molar-refractivity contribution in [3.05, 3.63) is 65.5 Å². The maximum absolute atomic E-state index is 13.2. The van der Waals surface area contributed by atoms with Crippen molar-refractivity contribution < 1.29 is 37.0 Å². The molecule has 0 radical (unpaired) electrons. The van der Waals surface area contributed by atoms with E-state index in [1.165, 1.54) is 20.3 Å². The number of methoxy groups -OCH3 is 3. The molecule has 3 aromatic rings. The lowest BCUT2D eigenvalue weighted by atomic mass is 10.1. The van der Waals surface area contributed by atoms with Gasteiger partial charge in [0.1, 0.15) is 18.1 Å². The van der Waals surface area contributed by atoms with Crippen molar-refractivity contribution in [3.8, 4) is 23.0 Å². The van der Waals surface area contributed by atoms with E-state index in [1.807, 2.05) is 12.3 Å². The van der Waals surface area contributed by atoms with Gasteiger partial charge in [-0.3, -0.25) is 14.4 Å². The first kappa shape index (κ1) is 30.7. The number of rotatable bonds is 13. The van der Waals surface area contributed by atoms with Crippen LogP contribution in [0.4, 0.5) is 0 Å². The van der Waals surface area contributed by atoms with Crippen molar-refractivity contribution in [1.29, 1.82) is 0 Å². The molecule has 1 aromatic heterocycles. The van der Waals surface area contributed by atoms with Gasteiger partial charge in [-0.1, -0.05) is 17.3 Å². The number of benzene rings is 2. The minimum absolute atomic E-state index is 0.169. The summed E-state index contributed by atoms with van der Waals surface area (Å²) in [6.07, 6.45) is 5.80. The Kier molecular flexibility index (Phi) is 10.4. The maximum Gasteiger partial charge on any atom is 0.501 e. The average Bonchev–Trinajstić information content (AvgIpc) is 3.46. The number of carbonyl (C=O) groups is 1. The Hall–Kier alpha value is -3.75. The molecule has 3 aliphatic heterocycles. The van der Waals surface area contributed by atoms with Gasteiger partial charge in [-0.2, -0.15) is 0 Å². The van der Waals surface area contributed by atoms with Crippen molar-refractivity contribution in [2.75, 3.05) is 60.8 Å². The van der Waals surface area contributed by atoms with Gasteiger partial charge in [-0.15, -0.1) is 5.10 Å². The molecule has 230 valence electrons. The van der Waals surface area contributed by atoms with Crippen molar-refractivity contribution in [2.45, 2.75) is 25.6 Å². The quantitative estimate of drug-likeness (QED) is 0.161. The van der Waals surface area contributed by atoms with Crippen LogP contribution in [0.5, 0.6) is 23.0 Å².